The Bertz CT molecular complexity index is 113. The molecule has 2 heteroatoms. The van der Waals surface area contributed by atoms with E-state index in [-0.39, 0.29) is 5.54 Å². The Balaban J connectivity index is 3.70. The van der Waals surface area contributed by atoms with E-state index in [1.165, 1.54) is 6.42 Å². The van der Waals surface area contributed by atoms with Crippen molar-refractivity contribution in [2.45, 2.75) is 58.2 Å². The van der Waals surface area contributed by atoms with E-state index in [0.29, 0.717) is 4.75 Å². The summed E-state index contributed by atoms with van der Waals surface area (Å²) in [5.74, 6) is 0. The third kappa shape index (κ3) is 6.70. The Morgan fingerprint density at radius 2 is 1.55 bits per heavy atom. The molecule has 0 aliphatic rings. The smallest absolute Gasteiger partial charge is 0.0246 e. The highest BCUT2D eigenvalue weighted by Crippen LogP contribution is 2.26. The number of nitrogens with one attached hydrogen (secondary N) is 1. The van der Waals surface area contributed by atoms with Gasteiger partial charge >= 0.3 is 0 Å². The van der Waals surface area contributed by atoms with Gasteiger partial charge in [-0.3, -0.25) is 4.72 Å². The molecule has 1 nitrogen and oxygen atoms in total. The van der Waals surface area contributed by atoms with Crippen molar-refractivity contribution in [1.29, 1.82) is 0 Å². The van der Waals surface area contributed by atoms with Gasteiger partial charge in [0.05, 0.1) is 0 Å². The number of rotatable bonds is 3. The van der Waals surface area contributed by atoms with Crippen molar-refractivity contribution < 1.29 is 0 Å². The molecule has 0 spiro atoms. The van der Waals surface area contributed by atoms with Crippen LogP contribution in [0.15, 0.2) is 0 Å². The van der Waals surface area contributed by atoms with E-state index in [1.807, 2.05) is 11.9 Å². The van der Waals surface area contributed by atoms with Crippen LogP contribution in [-0.4, -0.2) is 10.3 Å². The Morgan fingerprint density at radius 1 is 1.09 bits per heavy atom. The van der Waals surface area contributed by atoms with Crippen LogP contribution in [0.3, 0.4) is 0 Å². The molecule has 0 aromatic heterocycles. The quantitative estimate of drug-likeness (QED) is 0.661. The van der Waals surface area contributed by atoms with E-state index in [4.69, 9.17) is 0 Å². The van der Waals surface area contributed by atoms with Gasteiger partial charge < -0.3 is 0 Å². The molecule has 0 radical (unpaired) electrons. The highest BCUT2D eigenvalue weighted by atomic mass is 32.2. The normalized spacial score (nSPS) is 13.6. The lowest BCUT2D eigenvalue weighted by atomic mass is 10.1. The third-order valence-electron chi connectivity index (χ3n) is 1.48. The van der Waals surface area contributed by atoms with Crippen molar-refractivity contribution in [3.8, 4) is 0 Å². The van der Waals surface area contributed by atoms with Gasteiger partial charge in [-0.2, -0.15) is 0 Å². The summed E-state index contributed by atoms with van der Waals surface area (Å²) >= 11 is 1.84. The first-order chi connectivity index (χ1) is 4.77. The van der Waals surface area contributed by atoms with Crippen molar-refractivity contribution in [3.63, 3.8) is 0 Å². The van der Waals surface area contributed by atoms with Crippen LogP contribution in [0.5, 0.6) is 0 Å². The molecule has 0 aliphatic heterocycles. The van der Waals surface area contributed by atoms with Crippen molar-refractivity contribution in [1.82, 2.24) is 4.72 Å². The molecule has 0 aromatic rings. The lowest BCUT2D eigenvalue weighted by molar-refractivity contribution is 0.527. The van der Waals surface area contributed by atoms with E-state index in [9.17, 15) is 0 Å². The minimum absolute atomic E-state index is 0.219. The molecule has 0 unspecified atom stereocenters. The van der Waals surface area contributed by atoms with Crippen LogP contribution < -0.4 is 4.72 Å². The van der Waals surface area contributed by atoms with Gasteiger partial charge in [0.2, 0.25) is 0 Å². The van der Waals surface area contributed by atoms with Crippen molar-refractivity contribution >= 4 is 11.9 Å². The van der Waals surface area contributed by atoms with Crippen LogP contribution in [-0.2, 0) is 0 Å². The summed E-state index contributed by atoms with van der Waals surface area (Å²) in [6.45, 7) is 13.3. The molecule has 0 rings (SSSR count). The zero-order valence-electron chi connectivity index (χ0n) is 8.62. The second-order valence-corrected chi connectivity index (χ2v) is 6.08. The average molecular weight is 175 g/mol. The molecule has 0 fully saturated rings. The zero-order valence-corrected chi connectivity index (χ0v) is 9.43. The monoisotopic (exact) mass is 175 g/mol. The second kappa shape index (κ2) is 3.81. The van der Waals surface area contributed by atoms with E-state index in [2.05, 4.69) is 46.3 Å². The second-order valence-electron chi connectivity index (χ2n) is 4.57. The summed E-state index contributed by atoms with van der Waals surface area (Å²) in [6, 6.07) is 0. The van der Waals surface area contributed by atoms with E-state index < -0.39 is 0 Å². The number of hydrogen-bond donors (Lipinski definition) is 1. The molecule has 0 aliphatic carbocycles. The summed E-state index contributed by atoms with van der Waals surface area (Å²) in [4.78, 5) is 0. The van der Waals surface area contributed by atoms with Crippen LogP contribution in [0, 0.1) is 0 Å². The lowest BCUT2D eigenvalue weighted by Gasteiger charge is -2.28. The number of hydrogen-bond acceptors (Lipinski definition) is 2. The lowest BCUT2D eigenvalue weighted by Crippen LogP contribution is -2.34. The molecule has 11 heavy (non-hydrogen) atoms. The molecule has 0 atom stereocenters. The maximum Gasteiger partial charge on any atom is 0.0246 e. The highest BCUT2D eigenvalue weighted by Gasteiger charge is 2.19. The van der Waals surface area contributed by atoms with E-state index >= 15 is 0 Å². The zero-order chi connectivity index (χ0) is 9.12. The van der Waals surface area contributed by atoms with Gasteiger partial charge in [0.25, 0.3) is 0 Å². The SMILES string of the molecule is CCC(C)(C)SNC(C)(C)C. The van der Waals surface area contributed by atoms with Gasteiger partial charge in [0.15, 0.2) is 0 Å². The summed E-state index contributed by atoms with van der Waals surface area (Å²) in [5.41, 5.74) is 0.219. The molecule has 0 amide bonds. The Morgan fingerprint density at radius 3 is 1.82 bits per heavy atom. The van der Waals surface area contributed by atoms with E-state index in [1.54, 1.807) is 0 Å². The maximum atomic E-state index is 3.43. The molecular weight excluding hydrogens is 154 g/mol. The molecule has 0 saturated heterocycles. The molecule has 1 N–H and O–H groups in total. The Labute approximate surface area is 75.5 Å². The molecule has 0 saturated carbocycles. The minimum Gasteiger partial charge on any atom is -0.258 e. The third-order valence-corrected chi connectivity index (χ3v) is 3.04. The first-order valence-corrected chi connectivity index (χ1v) is 5.04. The predicted molar refractivity (Wildman–Crippen MR) is 54.8 cm³/mol. The summed E-state index contributed by atoms with van der Waals surface area (Å²) in [5, 5.41) is 0. The summed E-state index contributed by atoms with van der Waals surface area (Å²) in [6.07, 6.45) is 1.20. The highest BCUT2D eigenvalue weighted by molar-refractivity contribution is 7.98. The van der Waals surface area contributed by atoms with Gasteiger partial charge in [0, 0.05) is 10.3 Å². The topological polar surface area (TPSA) is 12.0 Å². The predicted octanol–water partition coefficient (Wildman–Crippen LogP) is 3.21. The molecule has 0 aromatic carbocycles. The summed E-state index contributed by atoms with van der Waals surface area (Å²) in [7, 11) is 0. The Hall–Kier alpha value is 0.310. The van der Waals surface area contributed by atoms with Gasteiger partial charge in [-0.25, -0.2) is 0 Å². The van der Waals surface area contributed by atoms with Gasteiger partial charge in [-0.05, 0) is 41.0 Å². The van der Waals surface area contributed by atoms with Crippen LogP contribution in [0.1, 0.15) is 48.0 Å². The standard InChI is InChI=1S/C9H21NS/c1-7-9(5,6)11-10-8(2,3)4/h10H,7H2,1-6H3. The van der Waals surface area contributed by atoms with Crippen molar-refractivity contribution in [3.05, 3.63) is 0 Å². The van der Waals surface area contributed by atoms with Gasteiger partial charge in [0.1, 0.15) is 0 Å². The first kappa shape index (κ1) is 11.3. The largest absolute Gasteiger partial charge is 0.258 e. The fourth-order valence-electron chi connectivity index (χ4n) is 0.363. The van der Waals surface area contributed by atoms with Crippen LogP contribution in [0.25, 0.3) is 0 Å². The molecular formula is C9H21NS. The minimum atomic E-state index is 0.219. The van der Waals surface area contributed by atoms with Crippen LogP contribution in [0.4, 0.5) is 0 Å². The fraction of sp³-hybridized carbons (Fsp3) is 1.00. The molecule has 0 bridgehead atoms. The van der Waals surface area contributed by atoms with Crippen molar-refractivity contribution in [2.24, 2.45) is 0 Å². The van der Waals surface area contributed by atoms with Crippen molar-refractivity contribution in [2.75, 3.05) is 0 Å². The average Bonchev–Trinajstić information content (AvgIpc) is 1.83. The van der Waals surface area contributed by atoms with Gasteiger partial charge in [-0.1, -0.05) is 18.9 Å². The fourth-order valence-corrected chi connectivity index (χ4v) is 1.09. The summed E-state index contributed by atoms with van der Waals surface area (Å²) < 4.78 is 3.78. The molecule has 68 valence electrons. The van der Waals surface area contributed by atoms with Crippen LogP contribution >= 0.6 is 11.9 Å². The molecule has 0 heterocycles. The maximum absolute atomic E-state index is 3.43. The first-order valence-electron chi connectivity index (χ1n) is 4.22. The van der Waals surface area contributed by atoms with Gasteiger partial charge in [-0.15, -0.1) is 0 Å². The van der Waals surface area contributed by atoms with E-state index in [0.717, 1.165) is 0 Å². The van der Waals surface area contributed by atoms with Crippen LogP contribution in [0.2, 0.25) is 0 Å². The Kier molecular flexibility index (Phi) is 3.92.